The summed E-state index contributed by atoms with van der Waals surface area (Å²) in [5.74, 6) is 0. The summed E-state index contributed by atoms with van der Waals surface area (Å²) < 4.78 is 0. The molecule has 0 aromatic carbocycles. The smallest absolute Gasteiger partial charge is 0.0137 e. The SMILES string of the molecule is C/C=C\C=C(/C)CN.CC. The molecule has 0 aliphatic heterocycles. The van der Waals surface area contributed by atoms with E-state index in [0.29, 0.717) is 6.54 Å². The fraction of sp³-hybridized carbons (Fsp3) is 0.556. The average Bonchev–Trinajstić information content (AvgIpc) is 2.04. The summed E-state index contributed by atoms with van der Waals surface area (Å²) in [4.78, 5) is 0. The summed E-state index contributed by atoms with van der Waals surface area (Å²) in [6.07, 6.45) is 5.99. The standard InChI is InChI=1S/C7H13N.C2H6/c1-3-4-5-7(2)6-8;1-2/h3-5H,6,8H2,1-2H3;1-2H3/b4-3-,7-5+;. The molecule has 0 radical (unpaired) electrons. The zero-order valence-corrected chi connectivity index (χ0v) is 7.52. The summed E-state index contributed by atoms with van der Waals surface area (Å²) in [6, 6.07) is 0. The molecule has 60 valence electrons. The number of rotatable bonds is 2. The summed E-state index contributed by atoms with van der Waals surface area (Å²) in [5.41, 5.74) is 6.52. The molecular weight excluding hydrogens is 122 g/mol. The van der Waals surface area contributed by atoms with Gasteiger partial charge in [0.1, 0.15) is 0 Å². The van der Waals surface area contributed by atoms with Crippen LogP contribution in [0, 0.1) is 0 Å². The van der Waals surface area contributed by atoms with Gasteiger partial charge in [-0.15, -0.1) is 0 Å². The highest BCUT2D eigenvalue weighted by Gasteiger charge is 1.75. The van der Waals surface area contributed by atoms with Crippen molar-refractivity contribution in [2.45, 2.75) is 27.7 Å². The molecule has 2 N–H and O–H groups in total. The van der Waals surface area contributed by atoms with Crippen LogP contribution >= 0.6 is 0 Å². The monoisotopic (exact) mass is 141 g/mol. The molecule has 0 heterocycles. The molecule has 0 spiro atoms. The largest absolute Gasteiger partial charge is 0.327 e. The quantitative estimate of drug-likeness (QED) is 0.587. The minimum absolute atomic E-state index is 0.657. The molecule has 0 aliphatic carbocycles. The maximum Gasteiger partial charge on any atom is 0.0137 e. The number of allylic oxidation sites excluding steroid dienone is 3. The van der Waals surface area contributed by atoms with Gasteiger partial charge in [-0.05, 0) is 13.8 Å². The van der Waals surface area contributed by atoms with E-state index in [-0.39, 0.29) is 0 Å². The summed E-state index contributed by atoms with van der Waals surface area (Å²) in [5, 5.41) is 0. The Labute approximate surface area is 64.6 Å². The van der Waals surface area contributed by atoms with Crippen LogP contribution in [0.1, 0.15) is 27.7 Å². The Balaban J connectivity index is 0. The van der Waals surface area contributed by atoms with Crippen LogP contribution in [-0.2, 0) is 0 Å². The lowest BCUT2D eigenvalue weighted by Crippen LogP contribution is -1.98. The lowest BCUT2D eigenvalue weighted by Gasteiger charge is -1.87. The van der Waals surface area contributed by atoms with Gasteiger partial charge in [0.2, 0.25) is 0 Å². The zero-order chi connectivity index (χ0) is 8.41. The van der Waals surface area contributed by atoms with E-state index in [2.05, 4.69) is 0 Å². The van der Waals surface area contributed by atoms with Gasteiger partial charge in [-0.25, -0.2) is 0 Å². The van der Waals surface area contributed by atoms with Gasteiger partial charge < -0.3 is 5.73 Å². The van der Waals surface area contributed by atoms with Crippen molar-refractivity contribution >= 4 is 0 Å². The second-order valence-corrected chi connectivity index (χ2v) is 1.74. The Bertz CT molecular complexity index is 101. The van der Waals surface area contributed by atoms with Crippen molar-refractivity contribution in [2.75, 3.05) is 6.54 Å². The van der Waals surface area contributed by atoms with Crippen molar-refractivity contribution in [1.29, 1.82) is 0 Å². The van der Waals surface area contributed by atoms with E-state index >= 15 is 0 Å². The third kappa shape index (κ3) is 10.4. The number of nitrogens with two attached hydrogens (primary N) is 1. The number of hydrogen-bond donors (Lipinski definition) is 1. The summed E-state index contributed by atoms with van der Waals surface area (Å²) >= 11 is 0. The molecule has 0 amide bonds. The van der Waals surface area contributed by atoms with Crippen molar-refractivity contribution in [3.63, 3.8) is 0 Å². The molecule has 0 unspecified atom stereocenters. The Morgan fingerprint density at radius 1 is 1.40 bits per heavy atom. The summed E-state index contributed by atoms with van der Waals surface area (Å²) in [6.45, 7) is 8.66. The van der Waals surface area contributed by atoms with Crippen LogP contribution in [0.2, 0.25) is 0 Å². The third-order valence-electron chi connectivity index (χ3n) is 0.895. The van der Waals surface area contributed by atoms with Gasteiger partial charge in [0.25, 0.3) is 0 Å². The molecule has 0 bridgehead atoms. The van der Waals surface area contributed by atoms with E-state index in [1.807, 2.05) is 45.9 Å². The van der Waals surface area contributed by atoms with Crippen molar-refractivity contribution in [3.05, 3.63) is 23.8 Å². The van der Waals surface area contributed by atoms with Gasteiger partial charge in [0.05, 0.1) is 0 Å². The van der Waals surface area contributed by atoms with Crippen LogP contribution in [-0.4, -0.2) is 6.54 Å². The fourth-order valence-electron chi connectivity index (χ4n) is 0.329. The first-order valence-corrected chi connectivity index (χ1v) is 3.79. The zero-order valence-electron chi connectivity index (χ0n) is 7.52. The highest BCUT2D eigenvalue weighted by atomic mass is 14.5. The predicted octanol–water partition coefficient (Wildman–Crippen LogP) is 2.49. The van der Waals surface area contributed by atoms with E-state index in [1.54, 1.807) is 0 Å². The van der Waals surface area contributed by atoms with Gasteiger partial charge in [-0.2, -0.15) is 0 Å². The lowest BCUT2D eigenvalue weighted by molar-refractivity contribution is 1.14. The molecule has 0 saturated heterocycles. The second-order valence-electron chi connectivity index (χ2n) is 1.74. The molecule has 10 heavy (non-hydrogen) atoms. The van der Waals surface area contributed by atoms with Gasteiger partial charge in [-0.3, -0.25) is 0 Å². The highest BCUT2D eigenvalue weighted by molar-refractivity contribution is 5.10. The van der Waals surface area contributed by atoms with E-state index < -0.39 is 0 Å². The Morgan fingerprint density at radius 2 is 1.90 bits per heavy atom. The normalized spacial score (nSPS) is 11.1. The fourth-order valence-corrected chi connectivity index (χ4v) is 0.329. The van der Waals surface area contributed by atoms with Crippen LogP contribution in [0.3, 0.4) is 0 Å². The van der Waals surface area contributed by atoms with Crippen molar-refractivity contribution in [3.8, 4) is 0 Å². The van der Waals surface area contributed by atoms with E-state index in [0.717, 1.165) is 0 Å². The minimum Gasteiger partial charge on any atom is -0.327 e. The Hall–Kier alpha value is -0.560. The van der Waals surface area contributed by atoms with E-state index in [4.69, 9.17) is 5.73 Å². The maximum absolute atomic E-state index is 5.31. The molecule has 1 nitrogen and oxygen atoms in total. The lowest BCUT2D eigenvalue weighted by atomic mass is 10.3. The van der Waals surface area contributed by atoms with Gasteiger partial charge in [-0.1, -0.05) is 37.6 Å². The van der Waals surface area contributed by atoms with Crippen LogP contribution in [0.4, 0.5) is 0 Å². The van der Waals surface area contributed by atoms with E-state index in [1.165, 1.54) is 5.57 Å². The summed E-state index contributed by atoms with van der Waals surface area (Å²) in [7, 11) is 0. The number of hydrogen-bond acceptors (Lipinski definition) is 1. The first-order valence-electron chi connectivity index (χ1n) is 3.79. The molecule has 0 aliphatic rings. The van der Waals surface area contributed by atoms with Crippen molar-refractivity contribution in [1.82, 2.24) is 0 Å². The van der Waals surface area contributed by atoms with Gasteiger partial charge >= 0.3 is 0 Å². The molecule has 0 atom stereocenters. The average molecular weight is 141 g/mol. The van der Waals surface area contributed by atoms with Crippen LogP contribution in [0.25, 0.3) is 0 Å². The van der Waals surface area contributed by atoms with Crippen molar-refractivity contribution in [2.24, 2.45) is 5.73 Å². The highest BCUT2D eigenvalue weighted by Crippen LogP contribution is 1.87. The molecule has 0 saturated carbocycles. The Kier molecular flexibility index (Phi) is 13.7. The van der Waals surface area contributed by atoms with E-state index in [9.17, 15) is 0 Å². The molecule has 0 aromatic rings. The van der Waals surface area contributed by atoms with Crippen LogP contribution in [0.15, 0.2) is 23.8 Å². The van der Waals surface area contributed by atoms with Crippen LogP contribution in [0.5, 0.6) is 0 Å². The molecule has 1 heteroatoms. The van der Waals surface area contributed by atoms with Gasteiger partial charge in [0.15, 0.2) is 0 Å². The molecular formula is C9H19N. The molecule has 0 rings (SSSR count). The first kappa shape index (κ1) is 12.1. The molecule has 0 aromatic heterocycles. The maximum atomic E-state index is 5.31. The topological polar surface area (TPSA) is 26.0 Å². The second kappa shape index (κ2) is 11.3. The molecule has 0 fully saturated rings. The minimum atomic E-state index is 0.657. The van der Waals surface area contributed by atoms with Gasteiger partial charge in [0, 0.05) is 6.54 Å². The first-order chi connectivity index (χ1) is 4.81. The Morgan fingerprint density at radius 3 is 2.20 bits per heavy atom. The van der Waals surface area contributed by atoms with Crippen molar-refractivity contribution < 1.29 is 0 Å². The predicted molar refractivity (Wildman–Crippen MR) is 49.0 cm³/mol. The third-order valence-corrected chi connectivity index (χ3v) is 0.895. The van der Waals surface area contributed by atoms with Crippen LogP contribution < -0.4 is 5.73 Å².